The van der Waals surface area contributed by atoms with Crippen molar-refractivity contribution in [2.75, 3.05) is 19.2 Å². The Morgan fingerprint density at radius 1 is 1.15 bits per heavy atom. The smallest absolute Gasteiger partial charge is 0.128 e. The van der Waals surface area contributed by atoms with Crippen molar-refractivity contribution in [2.45, 2.75) is 36.8 Å². The molecule has 0 heterocycles. The van der Waals surface area contributed by atoms with E-state index in [1.807, 2.05) is 13.0 Å². The Morgan fingerprint density at radius 3 is 2.59 bits per heavy atom. The summed E-state index contributed by atoms with van der Waals surface area (Å²) in [5.74, 6) is 0.544. The molecule has 0 aliphatic heterocycles. The van der Waals surface area contributed by atoms with Crippen molar-refractivity contribution in [3.05, 3.63) is 46.3 Å². The van der Waals surface area contributed by atoms with Gasteiger partial charge in [0.25, 0.3) is 0 Å². The Hall–Kier alpha value is -2.18. The van der Waals surface area contributed by atoms with Crippen molar-refractivity contribution < 1.29 is 9.13 Å². The van der Waals surface area contributed by atoms with E-state index in [2.05, 4.69) is 34.8 Å². The summed E-state index contributed by atoms with van der Waals surface area (Å²) in [6.45, 7) is 9.73. The Morgan fingerprint density at radius 2 is 1.89 bits per heavy atom. The van der Waals surface area contributed by atoms with Gasteiger partial charge >= 0.3 is 0 Å². The third-order valence-electron chi connectivity index (χ3n) is 4.73. The van der Waals surface area contributed by atoms with Crippen molar-refractivity contribution in [2.24, 2.45) is 9.98 Å². The second kappa shape index (κ2) is 8.67. The first-order valence-corrected chi connectivity index (χ1v) is 9.84. The molecule has 0 aromatic heterocycles. The van der Waals surface area contributed by atoms with Gasteiger partial charge in [-0.3, -0.25) is 9.98 Å². The molecule has 27 heavy (non-hydrogen) atoms. The molecule has 0 atom stereocenters. The zero-order valence-electron chi connectivity index (χ0n) is 15.8. The van der Waals surface area contributed by atoms with Crippen LogP contribution in [0.2, 0.25) is 0 Å². The normalized spacial score (nSPS) is 12.7. The highest BCUT2D eigenvalue weighted by molar-refractivity contribution is 7.98. The van der Waals surface area contributed by atoms with Gasteiger partial charge in [-0.25, -0.2) is 4.39 Å². The molecule has 1 N–H and O–H groups in total. The summed E-state index contributed by atoms with van der Waals surface area (Å²) in [6.07, 6.45) is 2.66. The minimum Gasteiger partial charge on any atom is -0.365 e. The Bertz CT molecular complexity index is 882. The quantitative estimate of drug-likeness (QED) is 0.366. The molecular weight excluding hydrogens is 361 g/mol. The van der Waals surface area contributed by atoms with Crippen LogP contribution in [0.15, 0.2) is 33.1 Å². The molecule has 6 heteroatoms. The zero-order chi connectivity index (χ0) is 19.4. The standard InChI is InChI=1S/C21H24FN3OS/c1-13-8-14(20(25-12-26-4)18(9-13)23-2)11-27-21-16-7-5-6-15(16)17(22)10-19(21)24-3/h8-10,25H,2-3,5-7,11-12H2,1,4H3. The van der Waals surface area contributed by atoms with Gasteiger partial charge in [-0.05, 0) is 67.9 Å². The number of halogens is 1. The molecule has 0 saturated heterocycles. The number of aliphatic imine (C=N–C) groups is 2. The Kier molecular flexibility index (Phi) is 6.29. The molecule has 1 aliphatic rings. The van der Waals surface area contributed by atoms with Gasteiger partial charge in [-0.15, -0.1) is 11.8 Å². The zero-order valence-corrected chi connectivity index (χ0v) is 16.6. The van der Waals surface area contributed by atoms with E-state index < -0.39 is 0 Å². The number of nitrogens with zero attached hydrogens (tertiary/aromatic N) is 2. The first-order chi connectivity index (χ1) is 13.1. The number of hydrogen-bond acceptors (Lipinski definition) is 5. The van der Waals surface area contributed by atoms with Gasteiger partial charge in [0.2, 0.25) is 0 Å². The van der Waals surface area contributed by atoms with Crippen molar-refractivity contribution in [1.82, 2.24) is 0 Å². The second-order valence-corrected chi connectivity index (χ2v) is 7.54. The molecule has 3 rings (SSSR count). The van der Waals surface area contributed by atoms with Crippen LogP contribution < -0.4 is 5.32 Å². The molecule has 0 saturated carbocycles. The first kappa shape index (κ1) is 19.6. The highest BCUT2D eigenvalue weighted by atomic mass is 32.2. The molecule has 2 aromatic rings. The number of methoxy groups -OCH3 is 1. The first-order valence-electron chi connectivity index (χ1n) is 8.85. The molecule has 0 spiro atoms. The summed E-state index contributed by atoms with van der Waals surface area (Å²) in [7, 11) is 1.64. The Labute approximate surface area is 164 Å². The van der Waals surface area contributed by atoms with Gasteiger partial charge in [0.1, 0.15) is 12.5 Å². The fourth-order valence-corrected chi connectivity index (χ4v) is 4.74. The van der Waals surface area contributed by atoms with Gasteiger partial charge in [0, 0.05) is 23.8 Å². The minimum absolute atomic E-state index is 0.162. The molecule has 142 valence electrons. The van der Waals surface area contributed by atoms with Crippen molar-refractivity contribution in [3.8, 4) is 0 Å². The van der Waals surface area contributed by atoms with Crippen LogP contribution in [0.25, 0.3) is 0 Å². The van der Waals surface area contributed by atoms with Gasteiger partial charge in [-0.1, -0.05) is 6.07 Å². The number of ether oxygens (including phenoxy) is 1. The van der Waals surface area contributed by atoms with Gasteiger partial charge in [0.05, 0.1) is 17.1 Å². The molecular formula is C21H24FN3OS. The number of nitrogens with one attached hydrogen (secondary N) is 1. The lowest BCUT2D eigenvalue weighted by molar-refractivity contribution is 0.221. The SMILES string of the molecule is C=Nc1cc(C)cc(CSc2c(N=C)cc(F)c3c2CCC3)c1NCOC. The lowest BCUT2D eigenvalue weighted by Gasteiger charge is -2.17. The van der Waals surface area contributed by atoms with Crippen molar-refractivity contribution in [1.29, 1.82) is 0 Å². The summed E-state index contributed by atoms with van der Waals surface area (Å²) in [4.78, 5) is 9.25. The number of fused-ring (bicyclic) bond motifs is 1. The van der Waals surface area contributed by atoms with Crippen LogP contribution in [0, 0.1) is 12.7 Å². The molecule has 0 unspecified atom stereocenters. The summed E-state index contributed by atoms with van der Waals surface area (Å²) in [5, 5.41) is 3.27. The topological polar surface area (TPSA) is 46.0 Å². The highest BCUT2D eigenvalue weighted by Crippen LogP contribution is 2.43. The molecule has 2 aromatic carbocycles. The molecule has 0 bridgehead atoms. The van der Waals surface area contributed by atoms with E-state index in [9.17, 15) is 4.39 Å². The predicted octanol–water partition coefficient (Wildman–Crippen LogP) is 5.60. The van der Waals surface area contributed by atoms with Gasteiger partial charge < -0.3 is 10.1 Å². The van der Waals surface area contributed by atoms with Gasteiger partial charge in [0.15, 0.2) is 0 Å². The molecule has 0 radical (unpaired) electrons. The van der Waals surface area contributed by atoms with E-state index >= 15 is 0 Å². The van der Waals surface area contributed by atoms with Crippen molar-refractivity contribution in [3.63, 3.8) is 0 Å². The highest BCUT2D eigenvalue weighted by Gasteiger charge is 2.22. The average Bonchev–Trinajstić information content (AvgIpc) is 3.16. The number of benzene rings is 2. The van der Waals surface area contributed by atoms with E-state index in [1.54, 1.807) is 18.9 Å². The van der Waals surface area contributed by atoms with E-state index in [1.165, 1.54) is 6.07 Å². The maximum atomic E-state index is 14.3. The maximum Gasteiger partial charge on any atom is 0.128 e. The molecule has 1 aliphatic carbocycles. The minimum atomic E-state index is -0.162. The number of aryl methyl sites for hydroxylation is 1. The van der Waals surface area contributed by atoms with Crippen LogP contribution in [0.3, 0.4) is 0 Å². The van der Waals surface area contributed by atoms with Crippen LogP contribution >= 0.6 is 11.8 Å². The third-order valence-corrected chi connectivity index (χ3v) is 5.93. The number of anilines is 1. The fraction of sp³-hybridized carbons (Fsp3) is 0.333. The van der Waals surface area contributed by atoms with Crippen molar-refractivity contribution >= 4 is 42.3 Å². The van der Waals surface area contributed by atoms with Gasteiger partial charge in [-0.2, -0.15) is 0 Å². The molecule has 4 nitrogen and oxygen atoms in total. The largest absolute Gasteiger partial charge is 0.365 e. The summed E-state index contributed by atoms with van der Waals surface area (Å²) in [5.41, 5.74) is 6.47. The van der Waals surface area contributed by atoms with Crippen LogP contribution in [-0.2, 0) is 23.3 Å². The number of thioether (sulfide) groups is 1. The lowest BCUT2D eigenvalue weighted by Crippen LogP contribution is -2.06. The van der Waals surface area contributed by atoms with E-state index in [-0.39, 0.29) is 5.82 Å². The van der Waals surface area contributed by atoms with E-state index in [0.717, 1.165) is 57.8 Å². The average molecular weight is 386 g/mol. The van der Waals surface area contributed by atoms with Crippen LogP contribution in [0.1, 0.15) is 28.7 Å². The van der Waals surface area contributed by atoms with Crippen LogP contribution in [-0.4, -0.2) is 27.3 Å². The van der Waals surface area contributed by atoms with Crippen LogP contribution in [0.5, 0.6) is 0 Å². The summed E-state index contributed by atoms with van der Waals surface area (Å²) >= 11 is 1.67. The fourth-order valence-electron chi connectivity index (χ4n) is 3.54. The Balaban J connectivity index is 1.96. The molecule has 0 fully saturated rings. The third kappa shape index (κ3) is 4.06. The molecule has 0 amide bonds. The number of hydrogen-bond donors (Lipinski definition) is 1. The van der Waals surface area contributed by atoms with E-state index in [4.69, 9.17) is 4.74 Å². The second-order valence-electron chi connectivity index (χ2n) is 6.55. The maximum absolute atomic E-state index is 14.3. The summed E-state index contributed by atoms with van der Waals surface area (Å²) < 4.78 is 19.5. The predicted molar refractivity (Wildman–Crippen MR) is 113 cm³/mol. The van der Waals surface area contributed by atoms with E-state index in [0.29, 0.717) is 18.2 Å². The summed E-state index contributed by atoms with van der Waals surface area (Å²) in [6, 6.07) is 5.63. The van der Waals surface area contributed by atoms with Crippen LogP contribution in [0.4, 0.5) is 21.5 Å². The lowest BCUT2D eigenvalue weighted by atomic mass is 10.1. The monoisotopic (exact) mass is 385 g/mol. The number of rotatable bonds is 8.